The molecule has 2 aliphatic rings. The maximum Gasteiger partial charge on any atom is 0.222 e. The van der Waals surface area contributed by atoms with Gasteiger partial charge in [-0.25, -0.2) is 0 Å². The van der Waals surface area contributed by atoms with Gasteiger partial charge in [0.15, 0.2) is 0 Å². The van der Waals surface area contributed by atoms with Gasteiger partial charge in [-0.1, -0.05) is 43.2 Å². The third-order valence-corrected chi connectivity index (χ3v) is 6.61. The monoisotopic (exact) mass is 400 g/mol. The summed E-state index contributed by atoms with van der Waals surface area (Å²) < 4.78 is 5.39. The normalized spacial score (nSPS) is 18.8. The predicted octanol–water partition coefficient (Wildman–Crippen LogP) is 4.53. The number of carbonyl (C=O) groups is 1. The summed E-state index contributed by atoms with van der Waals surface area (Å²) in [5, 5.41) is 0. The summed E-state index contributed by atoms with van der Waals surface area (Å²) in [4.78, 5) is 17.1. The van der Waals surface area contributed by atoms with Gasteiger partial charge in [-0.15, -0.1) is 0 Å². The van der Waals surface area contributed by atoms with E-state index in [9.17, 15) is 4.79 Å². The van der Waals surface area contributed by atoms with E-state index in [1.807, 2.05) is 0 Å². The number of morpholine rings is 1. The number of aryl methyl sites for hydroxylation is 1. The summed E-state index contributed by atoms with van der Waals surface area (Å²) in [6.45, 7) is 7.09. The predicted molar refractivity (Wildman–Crippen MR) is 119 cm³/mol. The highest BCUT2D eigenvalue weighted by Gasteiger charge is 2.22. The van der Waals surface area contributed by atoms with Crippen molar-refractivity contribution in [3.05, 3.63) is 35.9 Å². The fourth-order valence-electron chi connectivity index (χ4n) is 4.66. The van der Waals surface area contributed by atoms with Crippen LogP contribution in [0.3, 0.4) is 0 Å². The molecule has 1 aromatic rings. The van der Waals surface area contributed by atoms with Crippen LogP contribution in [-0.2, 0) is 16.0 Å². The van der Waals surface area contributed by atoms with Crippen molar-refractivity contribution in [3.63, 3.8) is 0 Å². The Morgan fingerprint density at radius 2 is 1.62 bits per heavy atom. The number of amides is 1. The molecule has 0 saturated carbocycles. The number of piperidine rings is 1. The fourth-order valence-corrected chi connectivity index (χ4v) is 4.66. The van der Waals surface area contributed by atoms with Crippen LogP contribution in [0.1, 0.15) is 63.4 Å². The molecule has 4 nitrogen and oxygen atoms in total. The molecule has 0 aliphatic carbocycles. The molecule has 0 unspecified atom stereocenters. The number of ether oxygens (including phenoxy) is 1. The molecule has 162 valence electrons. The lowest BCUT2D eigenvalue weighted by Gasteiger charge is -2.32. The summed E-state index contributed by atoms with van der Waals surface area (Å²) in [6.07, 6.45) is 11.6. The second-order valence-electron chi connectivity index (χ2n) is 8.82. The number of benzene rings is 1. The second-order valence-corrected chi connectivity index (χ2v) is 8.82. The number of hydrogen-bond donors (Lipinski definition) is 0. The van der Waals surface area contributed by atoms with E-state index < -0.39 is 0 Å². The van der Waals surface area contributed by atoms with Crippen LogP contribution >= 0.6 is 0 Å². The Bertz CT molecular complexity index is 563. The highest BCUT2D eigenvalue weighted by molar-refractivity contribution is 5.76. The first kappa shape index (κ1) is 22.3. The van der Waals surface area contributed by atoms with Crippen molar-refractivity contribution in [2.75, 3.05) is 45.9 Å². The Morgan fingerprint density at radius 3 is 2.38 bits per heavy atom. The largest absolute Gasteiger partial charge is 0.379 e. The molecule has 1 amide bonds. The van der Waals surface area contributed by atoms with Crippen LogP contribution in [0.2, 0.25) is 0 Å². The van der Waals surface area contributed by atoms with Crippen molar-refractivity contribution < 1.29 is 9.53 Å². The SMILES string of the molecule is O=C(CCCCCCN1CCOCC1)N1CCC(CCCc2ccccc2)CC1. The summed E-state index contributed by atoms with van der Waals surface area (Å²) in [7, 11) is 0. The first-order valence-electron chi connectivity index (χ1n) is 11.9. The Labute approximate surface area is 177 Å². The van der Waals surface area contributed by atoms with Crippen LogP contribution in [0, 0.1) is 5.92 Å². The molecule has 0 bridgehead atoms. The molecule has 29 heavy (non-hydrogen) atoms. The van der Waals surface area contributed by atoms with Gasteiger partial charge in [0, 0.05) is 32.6 Å². The van der Waals surface area contributed by atoms with E-state index in [0.717, 1.165) is 58.2 Å². The van der Waals surface area contributed by atoms with E-state index >= 15 is 0 Å². The molecule has 0 aromatic heterocycles. The van der Waals surface area contributed by atoms with Gasteiger partial charge in [0.25, 0.3) is 0 Å². The number of carbonyl (C=O) groups excluding carboxylic acids is 1. The molecular formula is C25H40N2O2. The number of likely N-dealkylation sites (tertiary alicyclic amines) is 1. The van der Waals surface area contributed by atoms with Crippen LogP contribution in [0.15, 0.2) is 30.3 Å². The Balaban J connectivity index is 1.18. The molecule has 0 spiro atoms. The van der Waals surface area contributed by atoms with E-state index in [4.69, 9.17) is 4.74 Å². The molecule has 1 aromatic carbocycles. The van der Waals surface area contributed by atoms with Gasteiger partial charge in [0.05, 0.1) is 13.2 Å². The summed E-state index contributed by atoms with van der Waals surface area (Å²) in [6, 6.07) is 10.8. The zero-order chi connectivity index (χ0) is 20.2. The van der Waals surface area contributed by atoms with E-state index in [-0.39, 0.29) is 0 Å². The molecule has 4 heteroatoms. The molecule has 0 N–H and O–H groups in total. The van der Waals surface area contributed by atoms with Crippen molar-refractivity contribution >= 4 is 5.91 Å². The smallest absolute Gasteiger partial charge is 0.222 e. The average molecular weight is 401 g/mol. The zero-order valence-electron chi connectivity index (χ0n) is 18.2. The van der Waals surface area contributed by atoms with Gasteiger partial charge in [-0.05, 0) is 63.0 Å². The highest BCUT2D eigenvalue weighted by atomic mass is 16.5. The molecule has 0 atom stereocenters. The maximum absolute atomic E-state index is 12.5. The third-order valence-electron chi connectivity index (χ3n) is 6.61. The van der Waals surface area contributed by atoms with E-state index in [0.29, 0.717) is 5.91 Å². The van der Waals surface area contributed by atoms with Crippen molar-refractivity contribution in [1.82, 2.24) is 9.80 Å². The van der Waals surface area contributed by atoms with Crippen LogP contribution in [0.4, 0.5) is 0 Å². The molecular weight excluding hydrogens is 360 g/mol. The lowest BCUT2D eigenvalue weighted by molar-refractivity contribution is -0.132. The highest BCUT2D eigenvalue weighted by Crippen LogP contribution is 2.23. The Morgan fingerprint density at radius 1 is 0.897 bits per heavy atom. The summed E-state index contributed by atoms with van der Waals surface area (Å²) >= 11 is 0. The van der Waals surface area contributed by atoms with Crippen molar-refractivity contribution in [3.8, 4) is 0 Å². The first-order chi connectivity index (χ1) is 14.3. The number of rotatable bonds is 11. The lowest BCUT2D eigenvalue weighted by atomic mass is 9.90. The van der Waals surface area contributed by atoms with Gasteiger partial charge in [-0.2, -0.15) is 0 Å². The van der Waals surface area contributed by atoms with Crippen LogP contribution in [-0.4, -0.2) is 61.6 Å². The van der Waals surface area contributed by atoms with Gasteiger partial charge in [0.2, 0.25) is 5.91 Å². The molecule has 3 rings (SSSR count). The standard InChI is InChI=1S/C25H40N2O2/c28-25(13-6-1-2-7-16-26-19-21-29-22-20-26)27-17-14-24(15-18-27)12-8-11-23-9-4-3-5-10-23/h3-5,9-10,24H,1-2,6-8,11-22H2. The van der Waals surface area contributed by atoms with Crippen LogP contribution in [0.5, 0.6) is 0 Å². The first-order valence-corrected chi connectivity index (χ1v) is 11.9. The van der Waals surface area contributed by atoms with E-state index in [2.05, 4.69) is 40.1 Å². The topological polar surface area (TPSA) is 32.8 Å². The molecule has 2 heterocycles. The van der Waals surface area contributed by atoms with Gasteiger partial charge in [0.1, 0.15) is 0 Å². The third kappa shape index (κ3) is 8.47. The van der Waals surface area contributed by atoms with Crippen LogP contribution in [0.25, 0.3) is 0 Å². The number of hydrogen-bond acceptors (Lipinski definition) is 3. The number of unbranched alkanes of at least 4 members (excludes halogenated alkanes) is 3. The van der Waals surface area contributed by atoms with Gasteiger partial charge >= 0.3 is 0 Å². The van der Waals surface area contributed by atoms with Crippen molar-refractivity contribution in [1.29, 1.82) is 0 Å². The van der Waals surface area contributed by atoms with Crippen LogP contribution < -0.4 is 0 Å². The minimum Gasteiger partial charge on any atom is -0.379 e. The number of nitrogens with zero attached hydrogens (tertiary/aromatic N) is 2. The fraction of sp³-hybridized carbons (Fsp3) is 0.720. The van der Waals surface area contributed by atoms with E-state index in [1.165, 1.54) is 63.5 Å². The minimum atomic E-state index is 0.390. The lowest BCUT2D eigenvalue weighted by Crippen LogP contribution is -2.38. The summed E-state index contributed by atoms with van der Waals surface area (Å²) in [5.41, 5.74) is 1.45. The maximum atomic E-state index is 12.5. The molecule has 0 radical (unpaired) electrons. The van der Waals surface area contributed by atoms with Gasteiger partial charge < -0.3 is 9.64 Å². The Kier molecular flexibility index (Phi) is 10.0. The molecule has 2 aliphatic heterocycles. The van der Waals surface area contributed by atoms with Gasteiger partial charge in [-0.3, -0.25) is 9.69 Å². The minimum absolute atomic E-state index is 0.390. The molecule has 2 fully saturated rings. The summed E-state index contributed by atoms with van der Waals surface area (Å²) in [5.74, 6) is 1.20. The Hall–Kier alpha value is -1.39. The van der Waals surface area contributed by atoms with Crippen molar-refractivity contribution in [2.45, 2.75) is 64.2 Å². The zero-order valence-corrected chi connectivity index (χ0v) is 18.2. The second kappa shape index (κ2) is 13.0. The quantitative estimate of drug-likeness (QED) is 0.512. The van der Waals surface area contributed by atoms with Crippen molar-refractivity contribution in [2.24, 2.45) is 5.92 Å². The average Bonchev–Trinajstić information content (AvgIpc) is 2.78. The van der Waals surface area contributed by atoms with E-state index in [1.54, 1.807) is 0 Å². The molecule has 2 saturated heterocycles.